The second-order valence-corrected chi connectivity index (χ2v) is 6.38. The molecule has 2 N–H and O–H groups in total. The number of benzene rings is 2. The van der Waals surface area contributed by atoms with E-state index in [1.54, 1.807) is 18.2 Å². The summed E-state index contributed by atoms with van der Waals surface area (Å²) in [5.74, 6) is 1.16. The number of rotatable bonds is 7. The van der Waals surface area contributed by atoms with Gasteiger partial charge in [-0.05, 0) is 75.0 Å². The van der Waals surface area contributed by atoms with Gasteiger partial charge in [-0.2, -0.15) is 0 Å². The first kappa shape index (κ1) is 19.7. The molecule has 0 aliphatic heterocycles. The van der Waals surface area contributed by atoms with Crippen LogP contribution in [0.4, 0.5) is 5.69 Å². The molecule has 0 fully saturated rings. The van der Waals surface area contributed by atoms with Crippen molar-refractivity contribution in [2.75, 3.05) is 11.9 Å². The molecule has 26 heavy (non-hydrogen) atoms. The molecule has 138 valence electrons. The first-order valence-electron chi connectivity index (χ1n) is 8.60. The highest BCUT2D eigenvalue weighted by molar-refractivity contribution is 7.80. The van der Waals surface area contributed by atoms with Crippen molar-refractivity contribution < 1.29 is 14.3 Å². The minimum absolute atomic E-state index is 0.117. The monoisotopic (exact) mass is 372 g/mol. The fourth-order valence-electron chi connectivity index (χ4n) is 2.17. The number of thiocarbonyl (C=S) groups is 1. The Balaban J connectivity index is 1.91. The van der Waals surface area contributed by atoms with Crippen LogP contribution in [0.3, 0.4) is 0 Å². The molecule has 0 atom stereocenters. The number of anilines is 1. The Morgan fingerprint density at radius 1 is 1.12 bits per heavy atom. The number of carbonyl (C=O) groups is 1. The van der Waals surface area contributed by atoms with Gasteiger partial charge in [0, 0.05) is 11.3 Å². The Labute approximate surface area is 159 Å². The Morgan fingerprint density at radius 3 is 2.50 bits per heavy atom. The van der Waals surface area contributed by atoms with E-state index in [0.717, 1.165) is 17.9 Å². The van der Waals surface area contributed by atoms with Gasteiger partial charge >= 0.3 is 0 Å². The summed E-state index contributed by atoms with van der Waals surface area (Å²) in [4.78, 5) is 12.3. The zero-order chi connectivity index (χ0) is 18.9. The third-order valence-corrected chi connectivity index (χ3v) is 3.48. The van der Waals surface area contributed by atoms with Gasteiger partial charge in [-0.3, -0.25) is 10.1 Å². The molecule has 0 aromatic heterocycles. The molecule has 2 aromatic rings. The molecule has 0 saturated heterocycles. The molecule has 0 spiro atoms. The smallest absolute Gasteiger partial charge is 0.257 e. The number of amides is 1. The molecule has 6 heteroatoms. The molecular formula is C20H24N2O3S. The molecule has 0 heterocycles. The molecule has 0 unspecified atom stereocenters. The summed E-state index contributed by atoms with van der Waals surface area (Å²) in [6.07, 6.45) is 1.03. The van der Waals surface area contributed by atoms with Crippen LogP contribution >= 0.6 is 12.2 Å². The normalized spacial score (nSPS) is 10.3. The first-order chi connectivity index (χ1) is 12.5. The van der Waals surface area contributed by atoms with Crippen LogP contribution in [0.15, 0.2) is 48.5 Å². The predicted molar refractivity (Wildman–Crippen MR) is 108 cm³/mol. The van der Waals surface area contributed by atoms with Gasteiger partial charge in [0.25, 0.3) is 5.91 Å². The van der Waals surface area contributed by atoms with Crippen molar-refractivity contribution in [1.82, 2.24) is 5.32 Å². The Kier molecular flexibility index (Phi) is 7.41. The van der Waals surface area contributed by atoms with Crippen molar-refractivity contribution in [2.45, 2.75) is 33.3 Å². The number of hydrogen-bond acceptors (Lipinski definition) is 4. The van der Waals surface area contributed by atoms with E-state index in [2.05, 4.69) is 10.6 Å². The molecule has 0 bridgehead atoms. The lowest BCUT2D eigenvalue weighted by Gasteiger charge is -2.12. The van der Waals surface area contributed by atoms with E-state index in [1.165, 1.54) is 0 Å². The maximum Gasteiger partial charge on any atom is 0.257 e. The van der Waals surface area contributed by atoms with Crippen molar-refractivity contribution >= 4 is 28.9 Å². The van der Waals surface area contributed by atoms with Crippen LogP contribution in [0.5, 0.6) is 11.5 Å². The zero-order valence-electron chi connectivity index (χ0n) is 15.2. The number of carbonyl (C=O) groups excluding carboxylic acids is 1. The maximum absolute atomic E-state index is 12.3. The Morgan fingerprint density at radius 2 is 1.85 bits per heavy atom. The highest BCUT2D eigenvalue weighted by Gasteiger charge is 2.09. The maximum atomic E-state index is 12.3. The number of nitrogens with one attached hydrogen (secondary N) is 2. The number of hydrogen-bond donors (Lipinski definition) is 2. The minimum Gasteiger partial charge on any atom is -0.494 e. The van der Waals surface area contributed by atoms with Crippen LogP contribution in [0, 0.1) is 0 Å². The highest BCUT2D eigenvalue weighted by atomic mass is 32.1. The standard InChI is InChI=1S/C20H24N2O3S/c1-4-12-24-18-7-5-6-15(13-18)19(23)22-20(26)21-16-8-10-17(11-9-16)25-14(2)3/h5-11,13-14H,4,12H2,1-3H3,(H2,21,22,23,26). The molecule has 5 nitrogen and oxygen atoms in total. The van der Waals surface area contributed by atoms with Crippen molar-refractivity contribution in [3.63, 3.8) is 0 Å². The van der Waals surface area contributed by atoms with Crippen molar-refractivity contribution in [3.8, 4) is 11.5 Å². The van der Waals surface area contributed by atoms with Crippen LogP contribution in [0.2, 0.25) is 0 Å². The first-order valence-corrected chi connectivity index (χ1v) is 9.00. The molecule has 0 aliphatic carbocycles. The molecule has 2 rings (SSSR count). The number of ether oxygens (including phenoxy) is 2. The summed E-state index contributed by atoms with van der Waals surface area (Å²) in [7, 11) is 0. The lowest BCUT2D eigenvalue weighted by molar-refractivity contribution is 0.0977. The zero-order valence-corrected chi connectivity index (χ0v) is 16.1. The lowest BCUT2D eigenvalue weighted by Crippen LogP contribution is -2.34. The van der Waals surface area contributed by atoms with Crippen LogP contribution < -0.4 is 20.1 Å². The van der Waals surface area contributed by atoms with Crippen LogP contribution in [-0.4, -0.2) is 23.7 Å². The van der Waals surface area contributed by atoms with Crippen LogP contribution in [-0.2, 0) is 0 Å². The topological polar surface area (TPSA) is 59.6 Å². The molecule has 0 radical (unpaired) electrons. The van der Waals surface area contributed by atoms with Crippen molar-refractivity contribution in [1.29, 1.82) is 0 Å². The summed E-state index contributed by atoms with van der Waals surface area (Å²) >= 11 is 5.21. The van der Waals surface area contributed by atoms with Gasteiger partial charge in [-0.15, -0.1) is 0 Å². The van der Waals surface area contributed by atoms with Crippen molar-refractivity contribution in [3.05, 3.63) is 54.1 Å². The molecule has 2 aromatic carbocycles. The van der Waals surface area contributed by atoms with Gasteiger partial charge in [0.1, 0.15) is 11.5 Å². The lowest BCUT2D eigenvalue weighted by atomic mass is 10.2. The third-order valence-electron chi connectivity index (χ3n) is 3.28. The summed E-state index contributed by atoms with van der Waals surface area (Å²) in [5.41, 5.74) is 1.26. The molecular weight excluding hydrogens is 348 g/mol. The fraction of sp³-hybridized carbons (Fsp3) is 0.300. The Hall–Kier alpha value is -2.60. The predicted octanol–water partition coefficient (Wildman–Crippen LogP) is 4.39. The summed E-state index contributed by atoms with van der Waals surface area (Å²) in [5, 5.41) is 5.88. The van der Waals surface area contributed by atoms with Gasteiger partial charge < -0.3 is 14.8 Å². The summed E-state index contributed by atoms with van der Waals surface area (Å²) in [6, 6.07) is 14.4. The largest absolute Gasteiger partial charge is 0.494 e. The van der Waals surface area contributed by atoms with Crippen LogP contribution in [0.25, 0.3) is 0 Å². The van der Waals surface area contributed by atoms with E-state index < -0.39 is 0 Å². The minimum atomic E-state index is -0.288. The van der Waals surface area contributed by atoms with Crippen LogP contribution in [0.1, 0.15) is 37.6 Å². The van der Waals surface area contributed by atoms with Gasteiger partial charge in [-0.1, -0.05) is 13.0 Å². The van der Waals surface area contributed by atoms with Gasteiger partial charge in [0.2, 0.25) is 0 Å². The average Bonchev–Trinajstić information content (AvgIpc) is 2.61. The quantitative estimate of drug-likeness (QED) is 0.706. The second-order valence-electron chi connectivity index (χ2n) is 5.98. The fourth-order valence-corrected chi connectivity index (χ4v) is 2.38. The van der Waals surface area contributed by atoms with E-state index >= 15 is 0 Å². The SMILES string of the molecule is CCCOc1cccc(C(=O)NC(=S)Nc2ccc(OC(C)C)cc2)c1. The Bertz CT molecular complexity index is 745. The molecule has 0 aliphatic rings. The van der Waals surface area contributed by atoms with Crippen molar-refractivity contribution in [2.24, 2.45) is 0 Å². The third kappa shape index (κ3) is 6.37. The summed E-state index contributed by atoms with van der Waals surface area (Å²) < 4.78 is 11.1. The van der Waals surface area contributed by atoms with E-state index in [0.29, 0.717) is 17.9 Å². The second kappa shape index (κ2) is 9.77. The van der Waals surface area contributed by atoms with Gasteiger partial charge in [0.15, 0.2) is 5.11 Å². The average molecular weight is 372 g/mol. The van der Waals surface area contributed by atoms with E-state index in [9.17, 15) is 4.79 Å². The molecule has 1 amide bonds. The van der Waals surface area contributed by atoms with E-state index in [1.807, 2.05) is 51.1 Å². The van der Waals surface area contributed by atoms with Gasteiger partial charge in [0.05, 0.1) is 12.7 Å². The van der Waals surface area contributed by atoms with E-state index in [-0.39, 0.29) is 17.1 Å². The van der Waals surface area contributed by atoms with E-state index in [4.69, 9.17) is 21.7 Å². The highest BCUT2D eigenvalue weighted by Crippen LogP contribution is 2.17. The summed E-state index contributed by atoms with van der Waals surface area (Å²) in [6.45, 7) is 6.59. The molecule has 0 saturated carbocycles. The van der Waals surface area contributed by atoms with Gasteiger partial charge in [-0.25, -0.2) is 0 Å².